The summed E-state index contributed by atoms with van der Waals surface area (Å²) < 4.78 is 5.39. The topological polar surface area (TPSA) is 26.3 Å². The maximum atomic E-state index is 11.5. The average molecular weight is 232 g/mol. The quantitative estimate of drug-likeness (QED) is 0.415. The summed E-state index contributed by atoms with van der Waals surface area (Å²) in [6, 6.07) is 0. The fourth-order valence-electron chi connectivity index (χ4n) is 3.24. The molecule has 2 rings (SSSR count). The van der Waals surface area contributed by atoms with Gasteiger partial charge < -0.3 is 4.74 Å². The first-order chi connectivity index (χ1) is 7.89. The van der Waals surface area contributed by atoms with Crippen molar-refractivity contribution >= 4 is 5.97 Å². The average Bonchev–Trinajstić information content (AvgIpc) is 2.53. The van der Waals surface area contributed by atoms with Crippen LogP contribution in [0, 0.1) is 17.3 Å². The molecule has 1 saturated carbocycles. The first-order valence-corrected chi connectivity index (χ1v) is 6.08. The number of ether oxygens (including phenoxy) is 1. The Hall–Kier alpha value is -1.31. The molecule has 0 bridgehead atoms. The molecular formula is C15H20O2. The van der Waals surface area contributed by atoms with E-state index in [1.807, 2.05) is 13.0 Å². The van der Waals surface area contributed by atoms with Gasteiger partial charge in [0.2, 0.25) is 0 Å². The smallest absolute Gasteiger partial charge is 0.334 e. The van der Waals surface area contributed by atoms with Gasteiger partial charge in [0.15, 0.2) is 0 Å². The Kier molecular flexibility index (Phi) is 2.76. The van der Waals surface area contributed by atoms with Gasteiger partial charge in [0, 0.05) is 11.5 Å². The predicted molar refractivity (Wildman–Crippen MR) is 68.4 cm³/mol. The van der Waals surface area contributed by atoms with E-state index in [2.05, 4.69) is 26.7 Å². The minimum Gasteiger partial charge on any atom is -0.458 e. The number of allylic oxidation sites excluding steroid dienone is 2. The van der Waals surface area contributed by atoms with E-state index in [9.17, 15) is 4.79 Å². The number of hydrogen-bond acceptors (Lipinski definition) is 2. The van der Waals surface area contributed by atoms with Crippen LogP contribution >= 0.6 is 0 Å². The number of esters is 1. The molecule has 4 atom stereocenters. The highest BCUT2D eigenvalue weighted by Gasteiger charge is 2.50. The second-order valence-corrected chi connectivity index (χ2v) is 5.62. The maximum absolute atomic E-state index is 11.5. The van der Waals surface area contributed by atoms with Gasteiger partial charge in [-0.05, 0) is 31.1 Å². The van der Waals surface area contributed by atoms with Gasteiger partial charge in [-0.2, -0.15) is 0 Å². The Morgan fingerprint density at radius 1 is 1.59 bits per heavy atom. The maximum Gasteiger partial charge on any atom is 0.334 e. The Bertz CT molecular complexity index is 407. The lowest BCUT2D eigenvalue weighted by atomic mass is 9.61. The molecule has 0 spiro atoms. The van der Waals surface area contributed by atoms with Crippen LogP contribution in [0.5, 0.6) is 0 Å². The second kappa shape index (κ2) is 3.86. The van der Waals surface area contributed by atoms with E-state index in [-0.39, 0.29) is 23.4 Å². The van der Waals surface area contributed by atoms with Crippen LogP contribution in [0.15, 0.2) is 37.0 Å². The van der Waals surface area contributed by atoms with Crippen LogP contribution in [-0.2, 0) is 9.53 Å². The minimum absolute atomic E-state index is 0.0198. The second-order valence-electron chi connectivity index (χ2n) is 5.62. The van der Waals surface area contributed by atoms with Crippen molar-refractivity contribution in [2.24, 2.45) is 17.3 Å². The summed E-state index contributed by atoms with van der Waals surface area (Å²) in [5.74, 6) is 0.290. The largest absolute Gasteiger partial charge is 0.458 e. The molecule has 0 N–H and O–H groups in total. The fraction of sp³-hybridized carbons (Fsp3) is 0.533. The summed E-state index contributed by atoms with van der Waals surface area (Å²) in [5.41, 5.74) is 1.75. The number of hydrogen-bond donors (Lipinski definition) is 0. The normalized spacial score (nSPS) is 40.7. The molecule has 17 heavy (non-hydrogen) atoms. The first-order valence-electron chi connectivity index (χ1n) is 6.08. The molecule has 2 heteroatoms. The zero-order valence-corrected chi connectivity index (χ0v) is 10.7. The summed E-state index contributed by atoms with van der Waals surface area (Å²) >= 11 is 0. The molecule has 0 amide bonds. The highest BCUT2D eigenvalue weighted by atomic mass is 16.6. The number of rotatable bonds is 2. The Morgan fingerprint density at radius 3 is 2.76 bits per heavy atom. The summed E-state index contributed by atoms with van der Waals surface area (Å²) in [5, 5.41) is 0. The Labute approximate surface area is 103 Å². The zero-order chi connectivity index (χ0) is 12.8. The Balaban J connectivity index is 2.32. The number of carbonyl (C=O) groups is 1. The third kappa shape index (κ3) is 1.76. The SMILES string of the molecule is C=C[C@@]1(C)C[C@@H]2OC(=O)C(=C)[C@@H]2C[C@@H]1C(=C)C. The van der Waals surface area contributed by atoms with Gasteiger partial charge in [0.1, 0.15) is 6.10 Å². The van der Waals surface area contributed by atoms with Gasteiger partial charge >= 0.3 is 5.97 Å². The van der Waals surface area contributed by atoms with E-state index in [0.29, 0.717) is 11.5 Å². The molecule has 1 aliphatic heterocycles. The van der Waals surface area contributed by atoms with Crippen molar-refractivity contribution < 1.29 is 9.53 Å². The van der Waals surface area contributed by atoms with Crippen molar-refractivity contribution in [3.63, 3.8) is 0 Å². The van der Waals surface area contributed by atoms with Crippen LogP contribution in [0.3, 0.4) is 0 Å². The predicted octanol–water partition coefficient (Wildman–Crippen LogP) is 3.26. The van der Waals surface area contributed by atoms with E-state index in [4.69, 9.17) is 4.74 Å². The third-order valence-electron chi connectivity index (χ3n) is 4.40. The van der Waals surface area contributed by atoms with E-state index in [1.165, 1.54) is 0 Å². The van der Waals surface area contributed by atoms with E-state index >= 15 is 0 Å². The molecule has 92 valence electrons. The lowest BCUT2D eigenvalue weighted by Gasteiger charge is -2.44. The molecule has 2 nitrogen and oxygen atoms in total. The van der Waals surface area contributed by atoms with Crippen molar-refractivity contribution in [1.82, 2.24) is 0 Å². The van der Waals surface area contributed by atoms with Crippen LogP contribution in [0.1, 0.15) is 26.7 Å². The highest BCUT2D eigenvalue weighted by Crippen LogP contribution is 2.51. The minimum atomic E-state index is -0.228. The molecular weight excluding hydrogens is 212 g/mol. The molecule has 0 radical (unpaired) electrons. The van der Waals surface area contributed by atoms with E-state index in [0.717, 1.165) is 18.4 Å². The molecule has 0 aromatic heterocycles. The molecule has 2 fully saturated rings. The van der Waals surface area contributed by atoms with Crippen molar-refractivity contribution in [3.05, 3.63) is 37.0 Å². The van der Waals surface area contributed by atoms with Crippen molar-refractivity contribution in [2.45, 2.75) is 32.8 Å². The monoisotopic (exact) mass is 232 g/mol. The lowest BCUT2D eigenvalue weighted by molar-refractivity contribution is -0.141. The number of fused-ring (bicyclic) bond motifs is 1. The molecule has 0 aromatic rings. The van der Waals surface area contributed by atoms with Crippen molar-refractivity contribution in [2.75, 3.05) is 0 Å². The molecule has 2 aliphatic rings. The molecule has 1 saturated heterocycles. The molecule has 0 unspecified atom stereocenters. The fourth-order valence-corrected chi connectivity index (χ4v) is 3.24. The Morgan fingerprint density at radius 2 is 2.24 bits per heavy atom. The highest BCUT2D eigenvalue weighted by molar-refractivity contribution is 5.90. The van der Waals surface area contributed by atoms with E-state index < -0.39 is 0 Å². The van der Waals surface area contributed by atoms with Crippen molar-refractivity contribution in [1.29, 1.82) is 0 Å². The molecule has 1 aliphatic carbocycles. The molecule has 0 aromatic carbocycles. The first kappa shape index (κ1) is 12.2. The van der Waals surface area contributed by atoms with Crippen LogP contribution in [-0.4, -0.2) is 12.1 Å². The number of carbonyl (C=O) groups excluding carboxylic acids is 1. The zero-order valence-electron chi connectivity index (χ0n) is 10.7. The van der Waals surface area contributed by atoms with Gasteiger partial charge in [-0.1, -0.05) is 31.7 Å². The standard InChI is InChI=1S/C15H20O2/c1-6-15(5)8-13-11(7-12(15)9(2)3)10(4)14(16)17-13/h6,11-13H,1-2,4,7-8H2,3,5H3/t11-,12+,13-,15-/m0/s1. The third-order valence-corrected chi connectivity index (χ3v) is 4.40. The van der Waals surface area contributed by atoms with Gasteiger partial charge in [0.25, 0.3) is 0 Å². The van der Waals surface area contributed by atoms with Crippen LogP contribution < -0.4 is 0 Å². The van der Waals surface area contributed by atoms with Gasteiger partial charge in [-0.3, -0.25) is 0 Å². The van der Waals surface area contributed by atoms with Gasteiger partial charge in [0.05, 0.1) is 0 Å². The van der Waals surface area contributed by atoms with Gasteiger partial charge in [-0.25, -0.2) is 4.79 Å². The summed E-state index contributed by atoms with van der Waals surface area (Å²) in [6.07, 6.45) is 3.68. The van der Waals surface area contributed by atoms with Crippen LogP contribution in [0.25, 0.3) is 0 Å². The summed E-state index contributed by atoms with van der Waals surface area (Å²) in [4.78, 5) is 11.5. The van der Waals surface area contributed by atoms with Gasteiger partial charge in [-0.15, -0.1) is 6.58 Å². The van der Waals surface area contributed by atoms with Crippen LogP contribution in [0.2, 0.25) is 0 Å². The lowest BCUT2D eigenvalue weighted by Crippen LogP contribution is -2.40. The molecule has 1 heterocycles. The van der Waals surface area contributed by atoms with E-state index in [1.54, 1.807) is 0 Å². The van der Waals surface area contributed by atoms with Crippen molar-refractivity contribution in [3.8, 4) is 0 Å². The van der Waals surface area contributed by atoms with Crippen LogP contribution in [0.4, 0.5) is 0 Å². The summed E-state index contributed by atoms with van der Waals surface area (Å²) in [6.45, 7) is 16.1. The summed E-state index contributed by atoms with van der Waals surface area (Å²) in [7, 11) is 0.